The topological polar surface area (TPSA) is 46.6 Å². The first kappa shape index (κ1) is 9.65. The second-order valence-corrected chi connectivity index (χ2v) is 4.20. The minimum absolute atomic E-state index is 0.0131. The number of hydrogen-bond acceptors (Lipinski definition) is 3. The molecule has 2 aliphatic rings. The van der Waals surface area contributed by atoms with Crippen LogP contribution in [0.4, 0.5) is 0 Å². The molecule has 0 spiro atoms. The molecule has 0 radical (unpaired) electrons. The van der Waals surface area contributed by atoms with E-state index in [4.69, 9.17) is 4.74 Å². The van der Waals surface area contributed by atoms with Gasteiger partial charge in [-0.1, -0.05) is 0 Å². The summed E-state index contributed by atoms with van der Waals surface area (Å²) in [4.78, 5) is 24.6. The number of rotatable bonds is 1. The first-order valence-electron chi connectivity index (χ1n) is 5.07. The Morgan fingerprint density at radius 2 is 2.36 bits per heavy atom. The zero-order chi connectivity index (χ0) is 10.2. The fraction of sp³-hybridized carbons (Fsp3) is 0.800. The summed E-state index contributed by atoms with van der Waals surface area (Å²) in [5.41, 5.74) is -0.662. The molecule has 0 aromatic carbocycles. The van der Waals surface area contributed by atoms with Gasteiger partial charge in [-0.15, -0.1) is 0 Å². The molecule has 0 aliphatic carbocycles. The number of amides is 1. The lowest BCUT2D eigenvalue weighted by molar-refractivity contribution is -0.150. The molecule has 0 bridgehead atoms. The standard InChI is InChI=1S/C10H15NO3/c1-10(4-2-6-14-10)9(13)11-5-3-8(12)7-11/h2-7H2,1H3. The van der Waals surface area contributed by atoms with Gasteiger partial charge in [0.05, 0.1) is 6.54 Å². The highest BCUT2D eigenvalue weighted by Gasteiger charge is 2.42. The van der Waals surface area contributed by atoms with Crippen molar-refractivity contribution in [2.24, 2.45) is 0 Å². The fourth-order valence-electron chi connectivity index (χ4n) is 2.09. The molecule has 2 heterocycles. The number of carbonyl (C=O) groups excluding carboxylic acids is 2. The largest absolute Gasteiger partial charge is 0.365 e. The van der Waals surface area contributed by atoms with Gasteiger partial charge < -0.3 is 9.64 Å². The lowest BCUT2D eigenvalue weighted by Gasteiger charge is -2.27. The minimum atomic E-state index is -0.662. The molecule has 2 rings (SSSR count). The second-order valence-electron chi connectivity index (χ2n) is 4.20. The number of ether oxygens (including phenoxy) is 1. The predicted molar refractivity (Wildman–Crippen MR) is 49.8 cm³/mol. The Hall–Kier alpha value is -0.900. The molecule has 1 atom stereocenters. The van der Waals surface area contributed by atoms with E-state index >= 15 is 0 Å². The van der Waals surface area contributed by atoms with Crippen molar-refractivity contribution in [3.05, 3.63) is 0 Å². The van der Waals surface area contributed by atoms with Crippen LogP contribution < -0.4 is 0 Å². The minimum Gasteiger partial charge on any atom is -0.365 e. The van der Waals surface area contributed by atoms with Crippen LogP contribution in [0.5, 0.6) is 0 Å². The van der Waals surface area contributed by atoms with Crippen LogP contribution in [0.3, 0.4) is 0 Å². The van der Waals surface area contributed by atoms with Crippen molar-refractivity contribution < 1.29 is 14.3 Å². The third-order valence-electron chi connectivity index (χ3n) is 2.99. The van der Waals surface area contributed by atoms with Crippen molar-refractivity contribution in [3.63, 3.8) is 0 Å². The van der Waals surface area contributed by atoms with Crippen LogP contribution >= 0.6 is 0 Å². The number of Topliss-reactive ketones (excluding diaryl/α,β-unsaturated/α-hetero) is 1. The number of nitrogens with zero attached hydrogens (tertiary/aromatic N) is 1. The van der Waals surface area contributed by atoms with E-state index in [0.717, 1.165) is 12.8 Å². The highest BCUT2D eigenvalue weighted by atomic mass is 16.5. The number of likely N-dealkylation sites (tertiary alicyclic amines) is 1. The first-order chi connectivity index (χ1) is 6.62. The smallest absolute Gasteiger partial charge is 0.254 e. The van der Waals surface area contributed by atoms with Crippen LogP contribution in [0.1, 0.15) is 26.2 Å². The molecular formula is C10H15NO3. The van der Waals surface area contributed by atoms with Crippen molar-refractivity contribution in [1.82, 2.24) is 4.90 Å². The van der Waals surface area contributed by atoms with Gasteiger partial charge in [-0.05, 0) is 19.8 Å². The van der Waals surface area contributed by atoms with Crippen LogP contribution in [0.2, 0.25) is 0 Å². The highest BCUT2D eigenvalue weighted by Crippen LogP contribution is 2.28. The Balaban J connectivity index is 2.04. The fourth-order valence-corrected chi connectivity index (χ4v) is 2.09. The average Bonchev–Trinajstić information content (AvgIpc) is 2.74. The van der Waals surface area contributed by atoms with E-state index < -0.39 is 5.60 Å². The van der Waals surface area contributed by atoms with E-state index in [1.54, 1.807) is 4.90 Å². The van der Waals surface area contributed by atoms with E-state index in [0.29, 0.717) is 19.6 Å². The number of ketones is 1. The van der Waals surface area contributed by atoms with E-state index in [-0.39, 0.29) is 18.2 Å². The van der Waals surface area contributed by atoms with E-state index in [2.05, 4.69) is 0 Å². The van der Waals surface area contributed by atoms with Gasteiger partial charge in [0.15, 0.2) is 5.78 Å². The van der Waals surface area contributed by atoms with Crippen molar-refractivity contribution in [2.75, 3.05) is 19.7 Å². The van der Waals surface area contributed by atoms with Gasteiger partial charge in [-0.3, -0.25) is 9.59 Å². The molecule has 4 heteroatoms. The molecule has 0 aromatic heterocycles. The normalized spacial score (nSPS) is 32.6. The van der Waals surface area contributed by atoms with Crippen LogP contribution in [-0.4, -0.2) is 41.9 Å². The summed E-state index contributed by atoms with van der Waals surface area (Å²) in [6, 6.07) is 0. The second kappa shape index (κ2) is 3.35. The maximum atomic E-state index is 12.0. The lowest BCUT2D eigenvalue weighted by Crippen LogP contribution is -2.45. The van der Waals surface area contributed by atoms with Crippen LogP contribution in [-0.2, 0) is 14.3 Å². The molecule has 2 saturated heterocycles. The molecule has 2 fully saturated rings. The van der Waals surface area contributed by atoms with Crippen molar-refractivity contribution in [3.8, 4) is 0 Å². The molecular weight excluding hydrogens is 182 g/mol. The van der Waals surface area contributed by atoms with Gasteiger partial charge in [-0.25, -0.2) is 0 Å². The van der Waals surface area contributed by atoms with Gasteiger partial charge in [-0.2, -0.15) is 0 Å². The summed E-state index contributed by atoms with van der Waals surface area (Å²) in [6.45, 7) is 3.32. The Kier molecular flexibility index (Phi) is 2.31. The Labute approximate surface area is 83.2 Å². The Bertz CT molecular complexity index is 269. The third kappa shape index (κ3) is 1.54. The van der Waals surface area contributed by atoms with E-state index in [9.17, 15) is 9.59 Å². The SMILES string of the molecule is CC1(C(=O)N2CCC(=O)C2)CCCO1. The third-order valence-corrected chi connectivity index (χ3v) is 2.99. The molecule has 4 nitrogen and oxygen atoms in total. The van der Waals surface area contributed by atoms with Crippen LogP contribution in [0.25, 0.3) is 0 Å². The zero-order valence-electron chi connectivity index (χ0n) is 8.41. The Morgan fingerprint density at radius 3 is 2.86 bits per heavy atom. The molecule has 1 amide bonds. The molecule has 0 N–H and O–H groups in total. The monoisotopic (exact) mass is 197 g/mol. The van der Waals surface area contributed by atoms with Crippen molar-refractivity contribution >= 4 is 11.7 Å². The molecule has 0 saturated carbocycles. The van der Waals surface area contributed by atoms with Crippen LogP contribution in [0.15, 0.2) is 0 Å². The predicted octanol–water partition coefficient (Wildman–Crippen LogP) is 0.357. The van der Waals surface area contributed by atoms with Crippen molar-refractivity contribution in [2.45, 2.75) is 31.8 Å². The molecule has 14 heavy (non-hydrogen) atoms. The molecule has 1 unspecified atom stereocenters. The van der Waals surface area contributed by atoms with Gasteiger partial charge in [0.1, 0.15) is 5.60 Å². The maximum Gasteiger partial charge on any atom is 0.254 e. The van der Waals surface area contributed by atoms with E-state index in [1.807, 2.05) is 6.92 Å². The molecule has 2 aliphatic heterocycles. The van der Waals surface area contributed by atoms with Gasteiger partial charge in [0.25, 0.3) is 5.91 Å². The zero-order valence-corrected chi connectivity index (χ0v) is 8.41. The summed E-state index contributed by atoms with van der Waals surface area (Å²) >= 11 is 0. The summed E-state index contributed by atoms with van der Waals surface area (Å²) in [7, 11) is 0. The first-order valence-corrected chi connectivity index (χ1v) is 5.07. The van der Waals surface area contributed by atoms with Crippen molar-refractivity contribution in [1.29, 1.82) is 0 Å². The van der Waals surface area contributed by atoms with E-state index in [1.165, 1.54) is 0 Å². The van der Waals surface area contributed by atoms with Gasteiger partial charge >= 0.3 is 0 Å². The lowest BCUT2D eigenvalue weighted by atomic mass is 10.0. The summed E-state index contributed by atoms with van der Waals surface area (Å²) < 4.78 is 5.45. The summed E-state index contributed by atoms with van der Waals surface area (Å²) in [5, 5.41) is 0. The highest BCUT2D eigenvalue weighted by molar-refractivity contribution is 5.92. The Morgan fingerprint density at radius 1 is 1.57 bits per heavy atom. The van der Waals surface area contributed by atoms with Gasteiger partial charge in [0.2, 0.25) is 0 Å². The quantitative estimate of drug-likeness (QED) is 0.609. The van der Waals surface area contributed by atoms with Gasteiger partial charge in [0, 0.05) is 19.6 Å². The molecule has 0 aromatic rings. The van der Waals surface area contributed by atoms with Crippen LogP contribution in [0, 0.1) is 0 Å². The number of hydrogen-bond donors (Lipinski definition) is 0. The molecule has 78 valence electrons. The summed E-state index contributed by atoms with van der Waals surface area (Å²) in [6.07, 6.45) is 2.21. The maximum absolute atomic E-state index is 12.0. The average molecular weight is 197 g/mol. The summed E-state index contributed by atoms with van der Waals surface area (Å²) in [5.74, 6) is 0.140. The number of carbonyl (C=O) groups is 2.